The second-order valence-corrected chi connectivity index (χ2v) is 8.32. The minimum Gasteiger partial charge on any atom is -0.455 e. The first kappa shape index (κ1) is 22.5. The second kappa shape index (κ2) is 9.77. The molecule has 0 aliphatic carbocycles. The van der Waals surface area contributed by atoms with Gasteiger partial charge in [0, 0.05) is 25.7 Å². The van der Waals surface area contributed by atoms with Gasteiger partial charge in [0.05, 0.1) is 5.41 Å². The van der Waals surface area contributed by atoms with E-state index in [0.29, 0.717) is 25.9 Å². The van der Waals surface area contributed by atoms with Crippen molar-refractivity contribution in [1.82, 2.24) is 4.90 Å². The predicted molar refractivity (Wildman–Crippen MR) is 120 cm³/mol. The molecule has 0 atom stereocenters. The number of nitrogens with one attached hydrogen (secondary N) is 1. The molecule has 0 saturated carbocycles. The van der Waals surface area contributed by atoms with Crippen molar-refractivity contribution >= 4 is 23.5 Å². The summed E-state index contributed by atoms with van der Waals surface area (Å²) in [6.45, 7) is 6.26. The molecule has 1 aliphatic rings. The van der Waals surface area contributed by atoms with Crippen LogP contribution in [0, 0.1) is 0 Å². The van der Waals surface area contributed by atoms with Crippen molar-refractivity contribution in [2.75, 3.05) is 25.0 Å². The van der Waals surface area contributed by atoms with Crippen LogP contribution < -0.4 is 5.32 Å². The lowest BCUT2D eigenvalue weighted by atomic mass is 9.72. The first-order valence-corrected chi connectivity index (χ1v) is 10.7. The molecule has 3 rings (SSSR count). The van der Waals surface area contributed by atoms with Crippen LogP contribution in [0.25, 0.3) is 0 Å². The topological polar surface area (TPSA) is 75.7 Å². The zero-order valence-corrected chi connectivity index (χ0v) is 18.4. The van der Waals surface area contributed by atoms with Crippen molar-refractivity contribution in [2.24, 2.45) is 0 Å². The number of rotatable bonds is 6. The molecule has 6 heteroatoms. The van der Waals surface area contributed by atoms with Crippen LogP contribution in [0.1, 0.15) is 50.7 Å². The summed E-state index contributed by atoms with van der Waals surface area (Å²) < 4.78 is 5.51. The number of para-hydroxylation sites is 1. The maximum absolute atomic E-state index is 13.2. The Labute approximate surface area is 183 Å². The second-order valence-electron chi connectivity index (χ2n) is 8.32. The highest BCUT2D eigenvalue weighted by Crippen LogP contribution is 2.37. The molecular formula is C25H30N2O4. The van der Waals surface area contributed by atoms with Crippen molar-refractivity contribution < 1.29 is 19.1 Å². The summed E-state index contributed by atoms with van der Waals surface area (Å²) in [5, 5.41) is 2.86. The van der Waals surface area contributed by atoms with Crippen LogP contribution in [-0.4, -0.2) is 42.4 Å². The molecule has 1 aliphatic heterocycles. The van der Waals surface area contributed by atoms with Gasteiger partial charge in [-0.05, 0) is 36.0 Å². The Morgan fingerprint density at radius 2 is 1.61 bits per heavy atom. The van der Waals surface area contributed by atoms with Crippen molar-refractivity contribution in [3.8, 4) is 0 Å². The number of likely N-dealkylation sites (tertiary alicyclic amines) is 1. The predicted octanol–water partition coefficient (Wildman–Crippen LogP) is 3.87. The Kier molecular flexibility index (Phi) is 7.10. The van der Waals surface area contributed by atoms with E-state index >= 15 is 0 Å². The summed E-state index contributed by atoms with van der Waals surface area (Å²) in [6.07, 6.45) is 0.931. The molecule has 2 amide bonds. The smallest absolute Gasteiger partial charge is 0.317 e. The summed E-state index contributed by atoms with van der Waals surface area (Å²) >= 11 is 0. The fourth-order valence-corrected chi connectivity index (χ4v) is 4.14. The summed E-state index contributed by atoms with van der Waals surface area (Å²) in [4.78, 5) is 39.2. The molecule has 0 unspecified atom stereocenters. The summed E-state index contributed by atoms with van der Waals surface area (Å²) in [5.41, 5.74) is 1.75. The zero-order valence-electron chi connectivity index (χ0n) is 18.4. The maximum atomic E-state index is 13.2. The van der Waals surface area contributed by atoms with Crippen LogP contribution in [-0.2, 0) is 24.5 Å². The number of benzene rings is 2. The van der Waals surface area contributed by atoms with Crippen LogP contribution >= 0.6 is 0 Å². The monoisotopic (exact) mass is 422 g/mol. The van der Waals surface area contributed by atoms with E-state index in [2.05, 4.69) is 19.2 Å². The average molecular weight is 423 g/mol. The molecule has 0 radical (unpaired) electrons. The molecule has 1 N–H and O–H groups in total. The minimum atomic E-state index is -0.858. The molecule has 2 aromatic rings. The SMILES string of the molecule is CC(=O)N1CCC(C(=O)OCC(=O)Nc2ccccc2C(C)C)(c2ccccc2)CC1. The third-order valence-electron chi connectivity index (χ3n) is 5.97. The first-order chi connectivity index (χ1) is 14.8. The molecule has 0 aromatic heterocycles. The standard InChI is InChI=1S/C25H30N2O4/c1-18(2)21-11-7-8-12-22(21)26-23(29)17-31-24(30)25(20-9-5-4-6-10-20)13-15-27(16-14-25)19(3)28/h4-12,18H,13-17H2,1-3H3,(H,26,29). The maximum Gasteiger partial charge on any atom is 0.317 e. The summed E-state index contributed by atoms with van der Waals surface area (Å²) in [5.74, 6) is -0.537. The molecule has 164 valence electrons. The number of nitrogens with zero attached hydrogens (tertiary/aromatic N) is 1. The highest BCUT2D eigenvalue weighted by atomic mass is 16.5. The Hall–Kier alpha value is -3.15. The molecule has 6 nitrogen and oxygen atoms in total. The first-order valence-electron chi connectivity index (χ1n) is 10.7. The van der Waals surface area contributed by atoms with Crippen molar-refractivity contribution in [3.05, 3.63) is 65.7 Å². The molecule has 1 saturated heterocycles. The molecule has 1 heterocycles. The van der Waals surface area contributed by atoms with E-state index in [1.165, 1.54) is 6.92 Å². The number of carbonyl (C=O) groups excluding carboxylic acids is 3. The van der Waals surface area contributed by atoms with E-state index in [0.717, 1.165) is 16.8 Å². The lowest BCUT2D eigenvalue weighted by Crippen LogP contribution is -2.49. The number of piperidine rings is 1. The number of anilines is 1. The zero-order chi connectivity index (χ0) is 22.4. The van der Waals surface area contributed by atoms with E-state index in [4.69, 9.17) is 4.74 Å². The van der Waals surface area contributed by atoms with Crippen molar-refractivity contribution in [1.29, 1.82) is 0 Å². The highest BCUT2D eigenvalue weighted by molar-refractivity contribution is 5.94. The summed E-state index contributed by atoms with van der Waals surface area (Å²) in [6, 6.07) is 17.1. The van der Waals surface area contributed by atoms with E-state index in [1.54, 1.807) is 4.90 Å². The van der Waals surface area contributed by atoms with Gasteiger partial charge in [-0.15, -0.1) is 0 Å². The lowest BCUT2D eigenvalue weighted by molar-refractivity contribution is -0.156. The van der Waals surface area contributed by atoms with Gasteiger partial charge in [0.15, 0.2) is 6.61 Å². The van der Waals surface area contributed by atoms with Gasteiger partial charge in [-0.25, -0.2) is 0 Å². The quantitative estimate of drug-likeness (QED) is 0.717. The van der Waals surface area contributed by atoms with Crippen LogP contribution in [0.4, 0.5) is 5.69 Å². The normalized spacial score (nSPS) is 15.4. The van der Waals surface area contributed by atoms with Crippen LogP contribution in [0.3, 0.4) is 0 Å². The number of ether oxygens (including phenoxy) is 1. The fraction of sp³-hybridized carbons (Fsp3) is 0.400. The average Bonchev–Trinajstić information content (AvgIpc) is 2.78. The largest absolute Gasteiger partial charge is 0.455 e. The van der Waals surface area contributed by atoms with Gasteiger partial charge in [0.2, 0.25) is 5.91 Å². The summed E-state index contributed by atoms with van der Waals surface area (Å²) in [7, 11) is 0. The molecule has 0 spiro atoms. The van der Waals surface area contributed by atoms with E-state index < -0.39 is 11.4 Å². The highest BCUT2D eigenvalue weighted by Gasteiger charge is 2.44. The number of hydrogen-bond donors (Lipinski definition) is 1. The van der Waals surface area contributed by atoms with E-state index in [9.17, 15) is 14.4 Å². The Bertz CT molecular complexity index is 932. The number of amides is 2. The Balaban J connectivity index is 1.70. The van der Waals surface area contributed by atoms with Crippen LogP contribution in [0.5, 0.6) is 0 Å². The molecule has 1 fully saturated rings. The van der Waals surface area contributed by atoms with E-state index in [-0.39, 0.29) is 24.3 Å². The van der Waals surface area contributed by atoms with Gasteiger partial charge in [-0.2, -0.15) is 0 Å². The Morgan fingerprint density at radius 1 is 1.00 bits per heavy atom. The lowest BCUT2D eigenvalue weighted by Gasteiger charge is -2.40. The Morgan fingerprint density at radius 3 is 2.23 bits per heavy atom. The number of hydrogen-bond acceptors (Lipinski definition) is 4. The van der Waals surface area contributed by atoms with Crippen molar-refractivity contribution in [3.63, 3.8) is 0 Å². The van der Waals surface area contributed by atoms with Gasteiger partial charge in [0.25, 0.3) is 5.91 Å². The number of esters is 1. The molecular weight excluding hydrogens is 392 g/mol. The molecule has 2 aromatic carbocycles. The number of carbonyl (C=O) groups is 3. The van der Waals surface area contributed by atoms with Gasteiger partial charge in [-0.3, -0.25) is 14.4 Å². The third kappa shape index (κ3) is 5.13. The third-order valence-corrected chi connectivity index (χ3v) is 5.97. The van der Waals surface area contributed by atoms with Crippen molar-refractivity contribution in [2.45, 2.75) is 44.9 Å². The van der Waals surface area contributed by atoms with Gasteiger partial charge in [0.1, 0.15) is 0 Å². The van der Waals surface area contributed by atoms with Crippen LogP contribution in [0.2, 0.25) is 0 Å². The minimum absolute atomic E-state index is 0.00164. The van der Waals surface area contributed by atoms with Gasteiger partial charge in [-0.1, -0.05) is 62.4 Å². The van der Waals surface area contributed by atoms with Gasteiger partial charge < -0.3 is 15.0 Å². The van der Waals surface area contributed by atoms with Crippen LogP contribution in [0.15, 0.2) is 54.6 Å². The fourth-order valence-electron chi connectivity index (χ4n) is 4.14. The van der Waals surface area contributed by atoms with E-state index in [1.807, 2.05) is 54.6 Å². The van der Waals surface area contributed by atoms with Gasteiger partial charge >= 0.3 is 5.97 Å². The molecule has 0 bridgehead atoms. The molecule has 31 heavy (non-hydrogen) atoms.